The Bertz CT molecular complexity index is 439. The molecule has 0 radical (unpaired) electrons. The predicted octanol–water partition coefficient (Wildman–Crippen LogP) is 4.28. The largest absolute Gasteiger partial charge is 0.481 e. The SMILES string of the molecule is CCCCC[C@@H](O)C=CC1C(=O)CCC1CCCC=CCC(=O)O. The highest BCUT2D eigenvalue weighted by molar-refractivity contribution is 5.85. The molecular formula is C20H32O4. The van der Waals surface area contributed by atoms with Crippen molar-refractivity contribution >= 4 is 11.8 Å². The number of carbonyl (C=O) groups is 2. The molecule has 0 bridgehead atoms. The highest BCUT2D eigenvalue weighted by Gasteiger charge is 2.31. The summed E-state index contributed by atoms with van der Waals surface area (Å²) in [7, 11) is 0. The lowest BCUT2D eigenvalue weighted by atomic mass is 9.89. The Morgan fingerprint density at radius 2 is 2.08 bits per heavy atom. The van der Waals surface area contributed by atoms with E-state index in [4.69, 9.17) is 5.11 Å². The third-order valence-corrected chi connectivity index (χ3v) is 4.69. The minimum atomic E-state index is -0.810. The fourth-order valence-electron chi connectivity index (χ4n) is 3.27. The molecule has 0 aromatic heterocycles. The van der Waals surface area contributed by atoms with Crippen molar-refractivity contribution in [3.63, 3.8) is 0 Å². The van der Waals surface area contributed by atoms with E-state index in [1.807, 2.05) is 18.2 Å². The lowest BCUT2D eigenvalue weighted by Gasteiger charge is -2.15. The first kappa shape index (κ1) is 20.6. The fraction of sp³-hybridized carbons (Fsp3) is 0.700. The van der Waals surface area contributed by atoms with E-state index in [0.717, 1.165) is 51.4 Å². The summed E-state index contributed by atoms with van der Waals surface area (Å²) in [6, 6.07) is 0. The van der Waals surface area contributed by atoms with E-state index in [1.165, 1.54) is 0 Å². The molecule has 1 fully saturated rings. The molecule has 0 spiro atoms. The molecule has 0 aliphatic heterocycles. The molecule has 4 heteroatoms. The van der Waals surface area contributed by atoms with Crippen LogP contribution in [0.4, 0.5) is 0 Å². The van der Waals surface area contributed by atoms with E-state index in [-0.39, 0.29) is 12.3 Å². The average Bonchev–Trinajstić information content (AvgIpc) is 2.89. The Balaban J connectivity index is 2.34. The Morgan fingerprint density at radius 3 is 2.79 bits per heavy atom. The van der Waals surface area contributed by atoms with Gasteiger partial charge in [-0.25, -0.2) is 0 Å². The van der Waals surface area contributed by atoms with Crippen LogP contribution in [0.3, 0.4) is 0 Å². The molecular weight excluding hydrogens is 304 g/mol. The zero-order chi connectivity index (χ0) is 17.8. The van der Waals surface area contributed by atoms with Crippen LogP contribution in [0.5, 0.6) is 0 Å². The maximum Gasteiger partial charge on any atom is 0.307 e. The monoisotopic (exact) mass is 336 g/mol. The van der Waals surface area contributed by atoms with Crippen molar-refractivity contribution in [2.45, 2.75) is 77.2 Å². The van der Waals surface area contributed by atoms with Crippen LogP contribution in [0.15, 0.2) is 24.3 Å². The lowest BCUT2D eigenvalue weighted by Crippen LogP contribution is -2.13. The van der Waals surface area contributed by atoms with E-state index in [9.17, 15) is 14.7 Å². The van der Waals surface area contributed by atoms with Gasteiger partial charge in [-0.3, -0.25) is 9.59 Å². The van der Waals surface area contributed by atoms with Crippen LogP contribution in [0, 0.1) is 11.8 Å². The van der Waals surface area contributed by atoms with Crippen molar-refractivity contribution in [2.75, 3.05) is 0 Å². The number of hydrogen-bond acceptors (Lipinski definition) is 3. The molecule has 1 rings (SSSR count). The van der Waals surface area contributed by atoms with E-state index in [1.54, 1.807) is 6.08 Å². The molecule has 1 saturated carbocycles. The molecule has 1 aliphatic rings. The molecule has 0 saturated heterocycles. The second kappa shape index (κ2) is 12.0. The van der Waals surface area contributed by atoms with Crippen LogP contribution in [0.1, 0.15) is 71.1 Å². The van der Waals surface area contributed by atoms with Gasteiger partial charge < -0.3 is 10.2 Å². The number of ketones is 1. The second-order valence-electron chi connectivity index (χ2n) is 6.74. The Labute approximate surface area is 145 Å². The number of Topliss-reactive ketones (excluding diaryl/α,β-unsaturated/α-hetero) is 1. The Hall–Kier alpha value is -1.42. The highest BCUT2D eigenvalue weighted by Crippen LogP contribution is 2.34. The van der Waals surface area contributed by atoms with E-state index < -0.39 is 12.1 Å². The van der Waals surface area contributed by atoms with Gasteiger partial charge in [0.1, 0.15) is 5.78 Å². The maximum atomic E-state index is 12.1. The first-order valence-corrected chi connectivity index (χ1v) is 9.30. The topological polar surface area (TPSA) is 74.6 Å². The molecule has 0 aromatic rings. The molecule has 136 valence electrons. The van der Waals surface area contributed by atoms with Crippen molar-refractivity contribution in [1.29, 1.82) is 0 Å². The first-order valence-electron chi connectivity index (χ1n) is 9.30. The average molecular weight is 336 g/mol. The van der Waals surface area contributed by atoms with Crippen LogP contribution in [0.25, 0.3) is 0 Å². The summed E-state index contributed by atoms with van der Waals surface area (Å²) >= 11 is 0. The summed E-state index contributed by atoms with van der Waals surface area (Å²) in [5, 5.41) is 18.5. The van der Waals surface area contributed by atoms with E-state index in [0.29, 0.717) is 18.1 Å². The van der Waals surface area contributed by atoms with Crippen molar-refractivity contribution in [3.05, 3.63) is 24.3 Å². The summed E-state index contributed by atoms with van der Waals surface area (Å²) in [6.45, 7) is 2.14. The number of carboxylic acids is 1. The normalized spacial score (nSPS) is 22.7. The first-order chi connectivity index (χ1) is 11.5. The smallest absolute Gasteiger partial charge is 0.307 e. The zero-order valence-corrected chi connectivity index (χ0v) is 14.8. The molecule has 0 aromatic carbocycles. The number of carboxylic acid groups (broad SMARTS) is 1. The van der Waals surface area contributed by atoms with Crippen LogP contribution in [-0.4, -0.2) is 28.1 Å². The van der Waals surface area contributed by atoms with Crippen LogP contribution >= 0.6 is 0 Å². The molecule has 4 nitrogen and oxygen atoms in total. The Kier molecular flexibility index (Phi) is 10.3. The van der Waals surface area contributed by atoms with Crippen molar-refractivity contribution in [3.8, 4) is 0 Å². The third kappa shape index (κ3) is 8.44. The lowest BCUT2D eigenvalue weighted by molar-refractivity contribution is -0.136. The van der Waals surface area contributed by atoms with E-state index >= 15 is 0 Å². The molecule has 0 heterocycles. The fourth-order valence-corrected chi connectivity index (χ4v) is 3.27. The molecule has 2 N–H and O–H groups in total. The standard InChI is InChI=1S/C20H32O4/c1-2-3-6-10-17(21)13-14-18-16(12-15-19(18)22)9-7-4-5-8-11-20(23)24/h5,8,13-14,16-18,21H,2-4,6-7,9-12,15H2,1H3,(H,23,24)/t16?,17-,18?/m1/s1. The summed E-state index contributed by atoms with van der Waals surface area (Å²) in [4.78, 5) is 22.5. The number of unbranched alkanes of at least 4 members (excludes halogenated alkanes) is 3. The third-order valence-electron chi connectivity index (χ3n) is 4.69. The second-order valence-corrected chi connectivity index (χ2v) is 6.74. The summed E-state index contributed by atoms with van der Waals surface area (Å²) in [6.07, 6.45) is 15.4. The molecule has 1 aliphatic carbocycles. The van der Waals surface area contributed by atoms with Gasteiger partial charge in [0, 0.05) is 12.3 Å². The van der Waals surface area contributed by atoms with Gasteiger partial charge in [-0.2, -0.15) is 0 Å². The van der Waals surface area contributed by atoms with Crippen molar-refractivity contribution in [1.82, 2.24) is 0 Å². The maximum absolute atomic E-state index is 12.1. The molecule has 3 atom stereocenters. The van der Waals surface area contributed by atoms with Gasteiger partial charge in [-0.1, -0.05) is 50.5 Å². The van der Waals surface area contributed by atoms with Crippen LogP contribution in [0.2, 0.25) is 0 Å². The number of aliphatic hydroxyl groups is 1. The Morgan fingerprint density at radius 1 is 1.29 bits per heavy atom. The van der Waals surface area contributed by atoms with Gasteiger partial charge in [0.15, 0.2) is 0 Å². The molecule has 24 heavy (non-hydrogen) atoms. The summed E-state index contributed by atoms with van der Waals surface area (Å²) in [5.41, 5.74) is 0. The van der Waals surface area contributed by atoms with Gasteiger partial charge in [0.25, 0.3) is 0 Å². The number of carbonyl (C=O) groups excluding carboxylic acids is 1. The molecule has 0 amide bonds. The summed E-state index contributed by atoms with van der Waals surface area (Å²) in [5.74, 6) is -0.202. The number of hydrogen-bond donors (Lipinski definition) is 2. The molecule has 2 unspecified atom stereocenters. The number of aliphatic carboxylic acids is 1. The van der Waals surface area contributed by atoms with Gasteiger partial charge in [-0.05, 0) is 38.0 Å². The highest BCUT2D eigenvalue weighted by atomic mass is 16.4. The minimum Gasteiger partial charge on any atom is -0.481 e. The number of allylic oxidation sites excluding steroid dienone is 2. The van der Waals surface area contributed by atoms with Gasteiger partial charge >= 0.3 is 5.97 Å². The quantitative estimate of drug-likeness (QED) is 0.412. The number of rotatable bonds is 12. The van der Waals surface area contributed by atoms with Gasteiger partial charge in [0.2, 0.25) is 0 Å². The van der Waals surface area contributed by atoms with Gasteiger partial charge in [-0.15, -0.1) is 0 Å². The van der Waals surface area contributed by atoms with Crippen molar-refractivity contribution < 1.29 is 19.8 Å². The minimum absolute atomic E-state index is 0.0474. The zero-order valence-electron chi connectivity index (χ0n) is 14.8. The van der Waals surface area contributed by atoms with Crippen molar-refractivity contribution in [2.24, 2.45) is 11.8 Å². The van der Waals surface area contributed by atoms with Crippen LogP contribution < -0.4 is 0 Å². The van der Waals surface area contributed by atoms with Crippen LogP contribution in [-0.2, 0) is 9.59 Å². The summed E-state index contributed by atoms with van der Waals surface area (Å²) < 4.78 is 0. The number of aliphatic hydroxyl groups excluding tert-OH is 1. The predicted molar refractivity (Wildman–Crippen MR) is 95.8 cm³/mol. The van der Waals surface area contributed by atoms with E-state index in [2.05, 4.69) is 6.92 Å². The van der Waals surface area contributed by atoms with Gasteiger partial charge in [0.05, 0.1) is 12.5 Å².